The van der Waals surface area contributed by atoms with Crippen molar-refractivity contribution >= 4 is 75.1 Å². The van der Waals surface area contributed by atoms with E-state index in [1.54, 1.807) is 48.6 Å². The van der Waals surface area contributed by atoms with Crippen molar-refractivity contribution in [1.82, 2.24) is 4.90 Å². The minimum absolute atomic E-state index is 0.165. The summed E-state index contributed by atoms with van der Waals surface area (Å²) in [7, 11) is 0. The molecule has 0 saturated carbocycles. The van der Waals surface area contributed by atoms with Crippen LogP contribution in [-0.4, -0.2) is 21.7 Å². The van der Waals surface area contributed by atoms with Crippen molar-refractivity contribution in [2.75, 3.05) is 6.54 Å². The Balaban J connectivity index is 1.86. The summed E-state index contributed by atoms with van der Waals surface area (Å²) < 4.78 is 6.43. The predicted octanol–water partition coefficient (Wildman–Crippen LogP) is 6.61. The van der Waals surface area contributed by atoms with E-state index in [0.717, 1.165) is 5.56 Å². The molecule has 2 aromatic carbocycles. The Hall–Kier alpha value is -1.50. The van der Waals surface area contributed by atoms with Gasteiger partial charge in [-0.15, -0.1) is 6.58 Å². The van der Waals surface area contributed by atoms with Crippen LogP contribution in [0.1, 0.15) is 11.1 Å². The summed E-state index contributed by atoms with van der Waals surface area (Å²) >= 11 is 24.8. The number of amides is 1. The van der Waals surface area contributed by atoms with Crippen LogP contribution < -0.4 is 4.74 Å². The maximum Gasteiger partial charge on any atom is 0.266 e. The van der Waals surface area contributed by atoms with E-state index in [1.165, 1.54) is 16.7 Å². The summed E-state index contributed by atoms with van der Waals surface area (Å²) in [5.74, 6) is 0.408. The lowest BCUT2D eigenvalue weighted by Gasteiger charge is -2.12. The maximum absolute atomic E-state index is 12.6. The first-order valence-corrected chi connectivity index (χ1v) is 10.5. The Kier molecular flexibility index (Phi) is 7.07. The minimum atomic E-state index is -0.165. The molecule has 0 aromatic heterocycles. The molecule has 0 bridgehead atoms. The van der Waals surface area contributed by atoms with E-state index in [9.17, 15) is 4.79 Å². The third kappa shape index (κ3) is 4.91. The molecule has 0 spiro atoms. The van der Waals surface area contributed by atoms with Gasteiger partial charge in [-0.05, 0) is 36.4 Å². The molecule has 0 aliphatic carbocycles. The second-order valence-electron chi connectivity index (χ2n) is 5.79. The van der Waals surface area contributed by atoms with Crippen LogP contribution in [0, 0.1) is 0 Å². The van der Waals surface area contributed by atoms with Gasteiger partial charge in [0.25, 0.3) is 5.91 Å². The highest BCUT2D eigenvalue weighted by Crippen LogP contribution is 2.35. The molecule has 1 fully saturated rings. The molecule has 8 heteroatoms. The highest BCUT2D eigenvalue weighted by Gasteiger charge is 2.31. The van der Waals surface area contributed by atoms with Crippen molar-refractivity contribution in [3.63, 3.8) is 0 Å². The van der Waals surface area contributed by atoms with E-state index in [1.807, 2.05) is 0 Å². The van der Waals surface area contributed by atoms with Crippen LogP contribution in [0.25, 0.3) is 6.08 Å². The maximum atomic E-state index is 12.6. The quantitative estimate of drug-likeness (QED) is 0.270. The largest absolute Gasteiger partial charge is 0.488 e. The van der Waals surface area contributed by atoms with Gasteiger partial charge in [-0.3, -0.25) is 9.69 Å². The SMILES string of the molecule is C=CCN1C(=O)/C(=C/c2cc(Cl)ccc2OCc2ccc(Cl)cc2Cl)SC1=S. The standard InChI is InChI=1S/C20H14Cl3NO2S2/c1-2-7-24-19(25)18(28-20(24)27)9-13-8-14(21)5-6-17(13)26-11-12-3-4-15(22)10-16(12)23/h2-6,8-10H,1,7,11H2/b18-9-. The fourth-order valence-corrected chi connectivity index (χ4v) is 4.40. The average Bonchev–Trinajstić information content (AvgIpc) is 2.90. The summed E-state index contributed by atoms with van der Waals surface area (Å²) in [5.41, 5.74) is 1.47. The lowest BCUT2D eigenvalue weighted by atomic mass is 10.1. The van der Waals surface area contributed by atoms with Gasteiger partial charge in [0, 0.05) is 32.7 Å². The minimum Gasteiger partial charge on any atom is -0.488 e. The third-order valence-corrected chi connectivity index (χ3v) is 6.04. The van der Waals surface area contributed by atoms with Crippen molar-refractivity contribution in [1.29, 1.82) is 0 Å². The van der Waals surface area contributed by atoms with Crippen LogP contribution in [0.15, 0.2) is 54.0 Å². The summed E-state index contributed by atoms with van der Waals surface area (Å²) in [5, 5.41) is 1.61. The van der Waals surface area contributed by atoms with E-state index >= 15 is 0 Å². The monoisotopic (exact) mass is 469 g/mol. The van der Waals surface area contributed by atoms with Gasteiger partial charge < -0.3 is 4.74 Å². The van der Waals surface area contributed by atoms with Crippen molar-refractivity contribution in [2.45, 2.75) is 6.61 Å². The molecule has 1 aliphatic heterocycles. The lowest BCUT2D eigenvalue weighted by Crippen LogP contribution is -2.27. The summed E-state index contributed by atoms with van der Waals surface area (Å²) in [6.45, 7) is 4.27. The molecule has 144 valence electrons. The molecule has 1 saturated heterocycles. The van der Waals surface area contributed by atoms with Crippen molar-refractivity contribution < 1.29 is 9.53 Å². The number of hydrogen-bond donors (Lipinski definition) is 0. The molecule has 2 aromatic rings. The number of carbonyl (C=O) groups is 1. The lowest BCUT2D eigenvalue weighted by molar-refractivity contribution is -0.121. The number of thiocarbonyl (C=S) groups is 1. The van der Waals surface area contributed by atoms with Gasteiger partial charge in [-0.2, -0.15) is 0 Å². The van der Waals surface area contributed by atoms with E-state index in [4.69, 9.17) is 51.8 Å². The van der Waals surface area contributed by atoms with Gasteiger partial charge in [0.2, 0.25) is 0 Å². The van der Waals surface area contributed by atoms with Gasteiger partial charge in [0.1, 0.15) is 16.7 Å². The van der Waals surface area contributed by atoms with Crippen LogP contribution in [0.2, 0.25) is 15.1 Å². The predicted molar refractivity (Wildman–Crippen MR) is 122 cm³/mol. The molecule has 0 radical (unpaired) electrons. The number of rotatable bonds is 6. The molecule has 1 heterocycles. The van der Waals surface area contributed by atoms with Crippen LogP contribution in [-0.2, 0) is 11.4 Å². The molecule has 1 aliphatic rings. The third-order valence-electron chi connectivity index (χ3n) is 3.84. The van der Waals surface area contributed by atoms with Crippen LogP contribution >= 0.6 is 58.8 Å². The zero-order valence-electron chi connectivity index (χ0n) is 14.5. The Morgan fingerprint density at radius 2 is 1.86 bits per heavy atom. The average molecular weight is 471 g/mol. The summed E-state index contributed by atoms with van der Waals surface area (Å²) in [6.07, 6.45) is 3.37. The molecule has 3 nitrogen and oxygen atoms in total. The van der Waals surface area contributed by atoms with Gasteiger partial charge in [0.05, 0.1) is 4.91 Å². The molecule has 0 unspecified atom stereocenters. The highest BCUT2D eigenvalue weighted by atomic mass is 35.5. The topological polar surface area (TPSA) is 29.5 Å². The molecule has 0 N–H and O–H groups in total. The fourth-order valence-electron chi connectivity index (χ4n) is 2.49. The van der Waals surface area contributed by atoms with Crippen molar-refractivity contribution in [3.8, 4) is 5.75 Å². The van der Waals surface area contributed by atoms with Crippen molar-refractivity contribution in [2.24, 2.45) is 0 Å². The first-order valence-electron chi connectivity index (χ1n) is 8.11. The Bertz CT molecular complexity index is 991. The van der Waals surface area contributed by atoms with Gasteiger partial charge in [-0.1, -0.05) is 70.9 Å². The molecule has 3 rings (SSSR count). The van der Waals surface area contributed by atoms with E-state index < -0.39 is 0 Å². The molecule has 28 heavy (non-hydrogen) atoms. The second kappa shape index (κ2) is 9.33. The van der Waals surface area contributed by atoms with Gasteiger partial charge >= 0.3 is 0 Å². The van der Waals surface area contributed by atoms with Crippen LogP contribution in [0.5, 0.6) is 5.75 Å². The number of thioether (sulfide) groups is 1. The number of nitrogens with zero attached hydrogens (tertiary/aromatic N) is 1. The van der Waals surface area contributed by atoms with E-state index in [-0.39, 0.29) is 12.5 Å². The van der Waals surface area contributed by atoms with E-state index in [2.05, 4.69) is 6.58 Å². The number of hydrogen-bond acceptors (Lipinski definition) is 4. The zero-order valence-corrected chi connectivity index (χ0v) is 18.4. The Labute approximate surface area is 187 Å². The zero-order chi connectivity index (χ0) is 20.3. The smallest absolute Gasteiger partial charge is 0.266 e. The number of benzene rings is 2. The molecular weight excluding hydrogens is 457 g/mol. The van der Waals surface area contributed by atoms with Crippen LogP contribution in [0.3, 0.4) is 0 Å². The first-order chi connectivity index (χ1) is 13.4. The van der Waals surface area contributed by atoms with Crippen molar-refractivity contribution in [3.05, 3.63) is 80.2 Å². The molecule has 0 atom stereocenters. The Morgan fingerprint density at radius 3 is 2.57 bits per heavy atom. The first kappa shape index (κ1) is 21.2. The molecule has 1 amide bonds. The fraction of sp³-hybridized carbons (Fsp3) is 0.100. The number of ether oxygens (including phenoxy) is 1. The van der Waals surface area contributed by atoms with E-state index in [0.29, 0.717) is 42.2 Å². The normalized spacial score (nSPS) is 15.4. The number of carbonyl (C=O) groups excluding carboxylic acids is 1. The summed E-state index contributed by atoms with van der Waals surface area (Å²) in [4.78, 5) is 14.6. The highest BCUT2D eigenvalue weighted by molar-refractivity contribution is 8.26. The van der Waals surface area contributed by atoms with Gasteiger partial charge in [-0.25, -0.2) is 0 Å². The number of halogens is 3. The second-order valence-corrected chi connectivity index (χ2v) is 8.74. The van der Waals surface area contributed by atoms with Crippen LogP contribution in [0.4, 0.5) is 0 Å². The molecular formula is C20H14Cl3NO2S2. The Morgan fingerprint density at radius 1 is 1.14 bits per heavy atom. The summed E-state index contributed by atoms with van der Waals surface area (Å²) in [6, 6.07) is 10.4. The van der Waals surface area contributed by atoms with Gasteiger partial charge in [0.15, 0.2) is 0 Å².